The van der Waals surface area contributed by atoms with Crippen molar-refractivity contribution in [3.63, 3.8) is 0 Å². The van der Waals surface area contributed by atoms with Gasteiger partial charge < -0.3 is 5.32 Å². The number of hydrogen-bond donors (Lipinski definition) is 1. The number of ketones is 1. The molecule has 1 amide bonds. The van der Waals surface area contributed by atoms with Crippen LogP contribution in [-0.4, -0.2) is 23.2 Å². The van der Waals surface area contributed by atoms with Gasteiger partial charge in [-0.3, -0.25) is 9.59 Å². The zero-order valence-corrected chi connectivity index (χ0v) is 14.6. The first-order valence-corrected chi connectivity index (χ1v) is 9.01. The van der Waals surface area contributed by atoms with Crippen LogP contribution in [0.25, 0.3) is 0 Å². The molecule has 1 N–H and O–H groups in total. The quantitative estimate of drug-likeness (QED) is 0.788. The predicted molar refractivity (Wildman–Crippen MR) is 90.9 cm³/mol. The topological polar surface area (TPSA) is 59.1 Å². The molecule has 0 bridgehead atoms. The Kier molecular flexibility index (Phi) is 5.85. The maximum Gasteiger partial charge on any atom is 0.224 e. The Hall–Kier alpha value is -1.53. The number of carbonyl (C=O) groups is 2. The summed E-state index contributed by atoms with van der Waals surface area (Å²) in [4.78, 5) is 28.4. The molecule has 6 heteroatoms. The lowest BCUT2D eigenvalue weighted by molar-refractivity contribution is -0.120. The molecular weight excluding hydrogens is 316 g/mol. The van der Waals surface area contributed by atoms with Crippen molar-refractivity contribution in [2.24, 2.45) is 0 Å². The highest BCUT2D eigenvalue weighted by Crippen LogP contribution is 2.18. The van der Waals surface area contributed by atoms with Gasteiger partial charge in [0.15, 0.2) is 5.78 Å². The van der Waals surface area contributed by atoms with Crippen LogP contribution in [0.15, 0.2) is 16.8 Å². The number of nitrogens with one attached hydrogen (secondary N) is 1. The molecule has 0 unspecified atom stereocenters. The number of aromatic nitrogens is 1. The first-order chi connectivity index (χ1) is 10.5. The Morgan fingerprint density at radius 2 is 2.05 bits per heavy atom. The molecule has 0 saturated heterocycles. The summed E-state index contributed by atoms with van der Waals surface area (Å²) in [5.74, 6) is 0.462. The fourth-order valence-electron chi connectivity index (χ4n) is 1.91. The normalized spacial score (nSPS) is 10.9. The number of Topliss-reactive ketones (excluding diaryl/α,β-unsaturated/α-hetero) is 1. The number of thiophene rings is 1. The van der Waals surface area contributed by atoms with E-state index in [4.69, 9.17) is 0 Å². The van der Waals surface area contributed by atoms with E-state index in [9.17, 15) is 9.59 Å². The molecule has 0 atom stereocenters. The third-order valence-corrected chi connectivity index (χ3v) is 5.19. The van der Waals surface area contributed by atoms with E-state index in [1.165, 1.54) is 18.3 Å². The molecule has 2 heterocycles. The Balaban J connectivity index is 1.76. The van der Waals surface area contributed by atoms with Crippen molar-refractivity contribution in [2.45, 2.75) is 39.5 Å². The summed E-state index contributed by atoms with van der Waals surface area (Å²) in [6, 6.07) is 1.79. The molecule has 0 aliphatic heterocycles. The number of hydrogen-bond acceptors (Lipinski definition) is 5. The van der Waals surface area contributed by atoms with Crippen LogP contribution in [0.1, 0.15) is 52.6 Å². The van der Waals surface area contributed by atoms with E-state index < -0.39 is 0 Å². The summed E-state index contributed by atoms with van der Waals surface area (Å²) in [5, 5.41) is 7.91. The molecule has 0 aromatic carbocycles. The molecule has 4 nitrogen and oxygen atoms in total. The fraction of sp³-hybridized carbons (Fsp3) is 0.438. The monoisotopic (exact) mass is 336 g/mol. The van der Waals surface area contributed by atoms with Gasteiger partial charge in [-0.25, -0.2) is 4.98 Å². The Morgan fingerprint density at radius 1 is 1.27 bits per heavy atom. The average Bonchev–Trinajstić information content (AvgIpc) is 3.07. The zero-order valence-electron chi connectivity index (χ0n) is 13.0. The highest BCUT2D eigenvalue weighted by Gasteiger charge is 2.09. The van der Waals surface area contributed by atoms with Gasteiger partial charge in [0, 0.05) is 18.3 Å². The zero-order chi connectivity index (χ0) is 16.1. The van der Waals surface area contributed by atoms with Crippen molar-refractivity contribution < 1.29 is 9.59 Å². The molecule has 0 aliphatic rings. The fourth-order valence-corrected chi connectivity index (χ4v) is 3.69. The molecule has 2 aromatic rings. The molecule has 0 fully saturated rings. The van der Waals surface area contributed by atoms with E-state index in [0.717, 1.165) is 22.7 Å². The van der Waals surface area contributed by atoms with E-state index in [0.29, 0.717) is 23.8 Å². The SMILES string of the molecule is CC(=O)c1cc(CC(=O)NCCc2nc(C(C)C)cs2)cs1. The Labute approximate surface area is 138 Å². The smallest absolute Gasteiger partial charge is 0.224 e. The summed E-state index contributed by atoms with van der Waals surface area (Å²) in [7, 11) is 0. The standard InChI is InChI=1S/C16H20N2O2S2/c1-10(2)13-9-22-16(18-13)4-5-17-15(20)7-12-6-14(11(3)19)21-8-12/h6,8-10H,4-5,7H2,1-3H3,(H,17,20). The Bertz CT molecular complexity index is 659. The molecule has 22 heavy (non-hydrogen) atoms. The van der Waals surface area contributed by atoms with Crippen molar-refractivity contribution >= 4 is 34.4 Å². The van der Waals surface area contributed by atoms with Crippen molar-refractivity contribution in [1.29, 1.82) is 0 Å². The predicted octanol–water partition coefficient (Wildman–Crippen LogP) is 3.43. The van der Waals surface area contributed by atoms with Crippen LogP contribution in [0.3, 0.4) is 0 Å². The second kappa shape index (κ2) is 7.65. The van der Waals surface area contributed by atoms with Crippen molar-refractivity contribution in [2.75, 3.05) is 6.54 Å². The van der Waals surface area contributed by atoms with Crippen LogP contribution < -0.4 is 5.32 Å². The van der Waals surface area contributed by atoms with Crippen molar-refractivity contribution in [3.8, 4) is 0 Å². The van der Waals surface area contributed by atoms with Gasteiger partial charge in [-0.15, -0.1) is 22.7 Å². The lowest BCUT2D eigenvalue weighted by Crippen LogP contribution is -2.27. The van der Waals surface area contributed by atoms with Gasteiger partial charge in [-0.2, -0.15) is 0 Å². The minimum Gasteiger partial charge on any atom is -0.355 e. The largest absolute Gasteiger partial charge is 0.355 e. The summed E-state index contributed by atoms with van der Waals surface area (Å²) in [6.45, 7) is 6.37. The van der Waals surface area contributed by atoms with Gasteiger partial charge in [0.25, 0.3) is 0 Å². The molecule has 0 spiro atoms. The molecule has 118 valence electrons. The van der Waals surface area contributed by atoms with E-state index in [2.05, 4.69) is 29.5 Å². The first kappa shape index (κ1) is 16.8. The maximum absolute atomic E-state index is 11.9. The van der Waals surface area contributed by atoms with Crippen LogP contribution in [0.5, 0.6) is 0 Å². The average molecular weight is 336 g/mol. The number of amides is 1. The lowest BCUT2D eigenvalue weighted by Gasteiger charge is -2.03. The van der Waals surface area contributed by atoms with E-state index in [1.807, 2.05) is 5.38 Å². The van der Waals surface area contributed by atoms with Crippen LogP contribution in [0.4, 0.5) is 0 Å². The minimum atomic E-state index is -0.0199. The number of thiazole rings is 1. The van der Waals surface area contributed by atoms with Gasteiger partial charge in [-0.05, 0) is 29.9 Å². The van der Waals surface area contributed by atoms with Gasteiger partial charge in [0.1, 0.15) is 0 Å². The summed E-state index contributed by atoms with van der Waals surface area (Å²) >= 11 is 3.03. The van der Waals surface area contributed by atoms with E-state index in [-0.39, 0.29) is 11.7 Å². The second-order valence-electron chi connectivity index (χ2n) is 5.47. The van der Waals surface area contributed by atoms with Crippen LogP contribution >= 0.6 is 22.7 Å². The van der Waals surface area contributed by atoms with Crippen LogP contribution in [0, 0.1) is 0 Å². The summed E-state index contributed by atoms with van der Waals surface area (Å²) in [5.41, 5.74) is 2.01. The Morgan fingerprint density at radius 3 is 2.64 bits per heavy atom. The molecule has 2 rings (SSSR count). The second-order valence-corrected chi connectivity index (χ2v) is 7.33. The number of carbonyl (C=O) groups excluding carboxylic acids is 2. The third-order valence-electron chi connectivity index (χ3n) is 3.19. The highest BCUT2D eigenvalue weighted by atomic mass is 32.1. The van der Waals surface area contributed by atoms with Crippen molar-refractivity contribution in [1.82, 2.24) is 10.3 Å². The minimum absolute atomic E-state index is 0.0199. The van der Waals surface area contributed by atoms with Gasteiger partial charge in [0.05, 0.1) is 22.0 Å². The highest BCUT2D eigenvalue weighted by molar-refractivity contribution is 7.12. The van der Waals surface area contributed by atoms with E-state index >= 15 is 0 Å². The summed E-state index contributed by atoms with van der Waals surface area (Å²) in [6.07, 6.45) is 1.07. The number of nitrogens with zero attached hydrogens (tertiary/aromatic N) is 1. The summed E-state index contributed by atoms with van der Waals surface area (Å²) < 4.78 is 0. The van der Waals surface area contributed by atoms with E-state index in [1.54, 1.807) is 17.4 Å². The molecule has 0 aliphatic carbocycles. The first-order valence-electron chi connectivity index (χ1n) is 7.25. The lowest BCUT2D eigenvalue weighted by atomic mass is 10.2. The van der Waals surface area contributed by atoms with Gasteiger partial charge >= 0.3 is 0 Å². The van der Waals surface area contributed by atoms with Gasteiger partial charge in [-0.1, -0.05) is 13.8 Å². The molecule has 0 saturated carbocycles. The molecule has 2 aromatic heterocycles. The van der Waals surface area contributed by atoms with Crippen molar-refractivity contribution in [3.05, 3.63) is 38.0 Å². The van der Waals surface area contributed by atoms with Gasteiger partial charge in [0.2, 0.25) is 5.91 Å². The maximum atomic E-state index is 11.9. The van der Waals surface area contributed by atoms with Crippen LogP contribution in [-0.2, 0) is 17.6 Å². The van der Waals surface area contributed by atoms with Crippen LogP contribution in [0.2, 0.25) is 0 Å². The molecular formula is C16H20N2O2S2. The number of rotatable bonds is 7. The molecule has 0 radical (unpaired) electrons. The third kappa shape index (κ3) is 4.74.